The van der Waals surface area contributed by atoms with Crippen LogP contribution in [0.2, 0.25) is 10.0 Å². The number of hydrogen-bond donors (Lipinski definition) is 0. The molecule has 117 valence electrons. The van der Waals surface area contributed by atoms with Crippen molar-refractivity contribution in [2.75, 3.05) is 0 Å². The van der Waals surface area contributed by atoms with Gasteiger partial charge >= 0.3 is 0 Å². The van der Waals surface area contributed by atoms with Crippen molar-refractivity contribution in [3.63, 3.8) is 0 Å². The van der Waals surface area contributed by atoms with Crippen LogP contribution in [0, 0.1) is 13.2 Å². The zero-order valence-electron chi connectivity index (χ0n) is 12.8. The second-order valence-corrected chi connectivity index (χ2v) is 6.44. The van der Waals surface area contributed by atoms with Crippen LogP contribution < -0.4 is 0 Å². The topological polar surface area (TPSA) is 26.0 Å². The number of pyridine rings is 1. The van der Waals surface area contributed by atoms with Gasteiger partial charge in [0.25, 0.3) is 0 Å². The standard InChI is InChI=1S/C20H12Cl2NO/c1-12-11-24-19-8-14(13-3-2-6-23-10-13)7-17(20(12)19)16-5-4-15(21)9-18(16)22/h2-10H,1H3. The van der Waals surface area contributed by atoms with Crippen LogP contribution in [0.25, 0.3) is 33.2 Å². The predicted molar refractivity (Wildman–Crippen MR) is 98.5 cm³/mol. The van der Waals surface area contributed by atoms with Crippen LogP contribution in [-0.4, -0.2) is 4.98 Å². The Balaban J connectivity index is 2.04. The van der Waals surface area contributed by atoms with E-state index in [0.29, 0.717) is 10.0 Å². The van der Waals surface area contributed by atoms with Crippen molar-refractivity contribution in [3.05, 3.63) is 76.7 Å². The Morgan fingerprint density at radius 1 is 1.00 bits per heavy atom. The van der Waals surface area contributed by atoms with Crippen molar-refractivity contribution < 1.29 is 4.42 Å². The van der Waals surface area contributed by atoms with E-state index < -0.39 is 0 Å². The summed E-state index contributed by atoms with van der Waals surface area (Å²) >= 11 is 12.5. The first-order chi connectivity index (χ1) is 11.6. The van der Waals surface area contributed by atoms with E-state index in [0.717, 1.165) is 38.8 Å². The summed E-state index contributed by atoms with van der Waals surface area (Å²) in [5.41, 5.74) is 5.66. The third kappa shape index (κ3) is 2.58. The van der Waals surface area contributed by atoms with Crippen LogP contribution in [0.5, 0.6) is 0 Å². The highest BCUT2D eigenvalue weighted by Gasteiger charge is 2.15. The summed E-state index contributed by atoms with van der Waals surface area (Å²) in [6, 6.07) is 13.5. The van der Waals surface area contributed by atoms with E-state index in [2.05, 4.69) is 17.3 Å². The number of halogens is 2. The zero-order valence-corrected chi connectivity index (χ0v) is 14.3. The lowest BCUT2D eigenvalue weighted by molar-refractivity contribution is 0.603. The van der Waals surface area contributed by atoms with E-state index in [1.54, 1.807) is 12.3 Å². The second-order valence-electron chi connectivity index (χ2n) is 5.59. The summed E-state index contributed by atoms with van der Waals surface area (Å²) < 4.78 is 5.62. The minimum Gasteiger partial charge on any atom is -0.452 e. The molecule has 4 heteroatoms. The summed E-state index contributed by atoms with van der Waals surface area (Å²) in [5, 5.41) is 2.22. The smallest absolute Gasteiger partial charge is 0.173 e. The minimum atomic E-state index is 0.604. The van der Waals surface area contributed by atoms with Gasteiger partial charge in [-0.15, -0.1) is 0 Å². The van der Waals surface area contributed by atoms with Gasteiger partial charge in [-0.2, -0.15) is 0 Å². The molecule has 0 aliphatic rings. The molecule has 2 aromatic heterocycles. The number of fused-ring (bicyclic) bond motifs is 1. The summed E-state index contributed by atoms with van der Waals surface area (Å²) in [6.07, 6.45) is 6.52. The van der Waals surface area contributed by atoms with Gasteiger partial charge in [0.15, 0.2) is 6.26 Å². The number of benzene rings is 2. The van der Waals surface area contributed by atoms with Crippen molar-refractivity contribution in [3.8, 4) is 22.3 Å². The van der Waals surface area contributed by atoms with E-state index in [1.165, 1.54) is 0 Å². The van der Waals surface area contributed by atoms with Crippen LogP contribution in [0.3, 0.4) is 0 Å². The fourth-order valence-corrected chi connectivity index (χ4v) is 3.40. The molecule has 4 rings (SSSR count). The molecular weight excluding hydrogens is 341 g/mol. The Hall–Kier alpha value is -2.29. The lowest BCUT2D eigenvalue weighted by Crippen LogP contribution is -1.86. The van der Waals surface area contributed by atoms with Gasteiger partial charge in [0, 0.05) is 44.5 Å². The summed E-state index contributed by atoms with van der Waals surface area (Å²) in [6.45, 7) is 1.98. The SMILES string of the molecule is Cc1[c]oc2cc(-c3cccnc3)cc(-c3ccc(Cl)cc3Cl)c12. The summed E-state index contributed by atoms with van der Waals surface area (Å²) in [7, 11) is 0. The molecular formula is C20H12Cl2NO. The van der Waals surface area contributed by atoms with Gasteiger partial charge in [-0.1, -0.05) is 35.3 Å². The number of hydrogen-bond acceptors (Lipinski definition) is 2. The Kier molecular flexibility index (Phi) is 3.79. The van der Waals surface area contributed by atoms with Crippen LogP contribution in [0.15, 0.2) is 59.3 Å². The van der Waals surface area contributed by atoms with E-state index in [1.807, 2.05) is 43.5 Å². The molecule has 0 bridgehead atoms. The third-order valence-electron chi connectivity index (χ3n) is 4.01. The molecule has 2 aromatic carbocycles. The summed E-state index contributed by atoms with van der Waals surface area (Å²) in [4.78, 5) is 4.20. The normalized spacial score (nSPS) is 11.1. The molecule has 0 unspecified atom stereocenters. The minimum absolute atomic E-state index is 0.604. The van der Waals surface area contributed by atoms with Gasteiger partial charge in [-0.3, -0.25) is 4.98 Å². The fraction of sp³-hybridized carbons (Fsp3) is 0.0500. The Morgan fingerprint density at radius 3 is 2.62 bits per heavy atom. The Labute approximate surface area is 149 Å². The molecule has 4 aromatic rings. The quantitative estimate of drug-likeness (QED) is 0.407. The van der Waals surface area contributed by atoms with E-state index in [4.69, 9.17) is 27.6 Å². The zero-order chi connectivity index (χ0) is 16.7. The molecule has 0 fully saturated rings. The molecule has 24 heavy (non-hydrogen) atoms. The maximum Gasteiger partial charge on any atom is 0.173 e. The molecule has 0 aliphatic heterocycles. The lowest BCUT2D eigenvalue weighted by Gasteiger charge is -2.10. The average Bonchev–Trinajstić information content (AvgIpc) is 2.96. The first kappa shape index (κ1) is 15.3. The second kappa shape index (κ2) is 5.97. The molecule has 0 saturated heterocycles. The van der Waals surface area contributed by atoms with Gasteiger partial charge in [0.05, 0.1) is 0 Å². The van der Waals surface area contributed by atoms with Crippen molar-refractivity contribution in [2.24, 2.45) is 0 Å². The van der Waals surface area contributed by atoms with Crippen LogP contribution in [0.1, 0.15) is 5.56 Å². The highest BCUT2D eigenvalue weighted by molar-refractivity contribution is 6.36. The molecule has 1 radical (unpaired) electrons. The maximum atomic E-state index is 6.44. The number of furan rings is 1. The first-order valence-electron chi connectivity index (χ1n) is 7.44. The number of nitrogens with zero attached hydrogens (tertiary/aromatic N) is 1. The van der Waals surface area contributed by atoms with Crippen molar-refractivity contribution >= 4 is 34.2 Å². The number of rotatable bonds is 2. The predicted octanol–water partition coefficient (Wildman–Crippen LogP) is 6.58. The monoisotopic (exact) mass is 352 g/mol. The molecule has 0 amide bonds. The third-order valence-corrected chi connectivity index (χ3v) is 4.56. The van der Waals surface area contributed by atoms with Gasteiger partial charge in [-0.05, 0) is 48.4 Å². The lowest BCUT2D eigenvalue weighted by atomic mass is 9.95. The van der Waals surface area contributed by atoms with Crippen molar-refractivity contribution in [1.29, 1.82) is 0 Å². The van der Waals surface area contributed by atoms with Gasteiger partial charge in [-0.25, -0.2) is 0 Å². The largest absolute Gasteiger partial charge is 0.452 e. The van der Waals surface area contributed by atoms with Crippen LogP contribution >= 0.6 is 23.2 Å². The number of aryl methyl sites for hydroxylation is 1. The van der Waals surface area contributed by atoms with Crippen molar-refractivity contribution in [2.45, 2.75) is 6.92 Å². The molecule has 2 nitrogen and oxygen atoms in total. The maximum absolute atomic E-state index is 6.44. The van der Waals surface area contributed by atoms with E-state index in [-0.39, 0.29) is 0 Å². The van der Waals surface area contributed by atoms with E-state index >= 15 is 0 Å². The molecule has 0 saturated carbocycles. The Morgan fingerprint density at radius 2 is 1.88 bits per heavy atom. The van der Waals surface area contributed by atoms with Crippen LogP contribution in [0.4, 0.5) is 0 Å². The van der Waals surface area contributed by atoms with Gasteiger partial charge < -0.3 is 4.42 Å². The molecule has 0 aliphatic carbocycles. The molecule has 0 N–H and O–H groups in total. The Bertz CT molecular complexity index is 1040. The average molecular weight is 353 g/mol. The fourth-order valence-electron chi connectivity index (χ4n) is 2.89. The summed E-state index contributed by atoms with van der Waals surface area (Å²) in [5.74, 6) is 0. The molecule has 0 spiro atoms. The molecule has 0 atom stereocenters. The van der Waals surface area contributed by atoms with E-state index in [9.17, 15) is 0 Å². The highest BCUT2D eigenvalue weighted by Crippen LogP contribution is 2.39. The van der Waals surface area contributed by atoms with Gasteiger partial charge in [0.1, 0.15) is 5.58 Å². The number of aromatic nitrogens is 1. The van der Waals surface area contributed by atoms with Crippen LogP contribution in [-0.2, 0) is 0 Å². The highest BCUT2D eigenvalue weighted by atomic mass is 35.5. The first-order valence-corrected chi connectivity index (χ1v) is 8.20. The van der Waals surface area contributed by atoms with Crippen molar-refractivity contribution in [1.82, 2.24) is 4.98 Å². The van der Waals surface area contributed by atoms with Gasteiger partial charge in [0.2, 0.25) is 0 Å². The molecule has 2 heterocycles.